The van der Waals surface area contributed by atoms with Crippen LogP contribution in [0, 0.1) is 0 Å². The van der Waals surface area contributed by atoms with E-state index in [-0.39, 0.29) is 10.8 Å². The van der Waals surface area contributed by atoms with Crippen LogP contribution in [0.3, 0.4) is 0 Å². The fraction of sp³-hybridized carbons (Fsp3) is 0.381. The number of hydrogen-bond acceptors (Lipinski definition) is 5. The highest BCUT2D eigenvalue weighted by atomic mass is 32.2. The molecule has 0 saturated heterocycles. The highest BCUT2D eigenvalue weighted by Crippen LogP contribution is 2.25. The third-order valence-corrected chi connectivity index (χ3v) is 7.06. The van der Waals surface area contributed by atoms with Gasteiger partial charge in [0.05, 0.1) is 11.0 Å². The predicted octanol–water partition coefficient (Wildman–Crippen LogP) is 1.10. The lowest BCUT2D eigenvalue weighted by Crippen LogP contribution is -2.50. The number of aliphatic hydroxyl groups is 1. The molecule has 3 N–H and O–H groups in total. The summed E-state index contributed by atoms with van der Waals surface area (Å²) in [6.45, 7) is 2.58. The molecule has 29 heavy (non-hydrogen) atoms. The molecule has 0 fully saturated rings. The molecule has 0 radical (unpaired) electrons. The number of hydrogen-bond donors (Lipinski definition) is 2. The van der Waals surface area contributed by atoms with Gasteiger partial charge in [-0.1, -0.05) is 36.4 Å². The number of sulfonamides is 1. The van der Waals surface area contributed by atoms with Gasteiger partial charge in [0.15, 0.2) is 0 Å². The number of nitrogens with two attached hydrogens (primary N) is 1. The van der Waals surface area contributed by atoms with E-state index in [0.29, 0.717) is 26.1 Å². The van der Waals surface area contributed by atoms with Crippen LogP contribution in [0.15, 0.2) is 53.4 Å². The molecule has 3 rings (SSSR count). The fourth-order valence-corrected chi connectivity index (χ4v) is 4.61. The quantitative estimate of drug-likeness (QED) is 0.733. The second-order valence-corrected chi connectivity index (χ2v) is 9.50. The number of aliphatic hydroxyl groups excluding tert-OH is 1. The van der Waals surface area contributed by atoms with E-state index in [1.165, 1.54) is 11.2 Å². The largest absolute Gasteiger partial charge is 0.391 e. The van der Waals surface area contributed by atoms with Gasteiger partial charge in [-0.15, -0.1) is 0 Å². The fourth-order valence-electron chi connectivity index (χ4n) is 3.40. The summed E-state index contributed by atoms with van der Waals surface area (Å²) in [5.74, 6) is -0.301. The monoisotopic (exact) mass is 417 g/mol. The molecule has 0 spiro atoms. The van der Waals surface area contributed by atoms with Crippen molar-refractivity contribution >= 4 is 15.9 Å². The van der Waals surface area contributed by atoms with Crippen molar-refractivity contribution in [2.24, 2.45) is 5.73 Å². The molecule has 0 unspecified atom stereocenters. The summed E-state index contributed by atoms with van der Waals surface area (Å²) >= 11 is 0. The minimum atomic E-state index is -3.63. The normalized spacial score (nSPS) is 16.4. The summed E-state index contributed by atoms with van der Waals surface area (Å²) in [5, 5.41) is 9.56. The summed E-state index contributed by atoms with van der Waals surface area (Å²) in [7, 11) is -2.06. The zero-order valence-corrected chi connectivity index (χ0v) is 17.5. The number of rotatable bonds is 6. The molecule has 0 aromatic heterocycles. The molecular formula is C21H27N3O4S. The standard InChI is InChI=1S/C21H27N3O4S/c1-15(25)20(22)21(26)24-11-10-17-12-19(9-8-18(17)14-24)29(27,28)23(2)13-16-6-4-3-5-7-16/h3-9,12,15,20,25H,10-11,13-14,22H2,1-2H3/t15-,20+/m1/s1. The Labute approximate surface area is 171 Å². The Kier molecular flexibility index (Phi) is 6.38. The Morgan fingerprint density at radius 2 is 1.90 bits per heavy atom. The van der Waals surface area contributed by atoms with E-state index in [1.54, 1.807) is 30.1 Å². The second-order valence-electron chi connectivity index (χ2n) is 7.45. The number of benzene rings is 2. The summed E-state index contributed by atoms with van der Waals surface area (Å²) < 4.78 is 27.3. The maximum absolute atomic E-state index is 13.0. The Bertz CT molecular complexity index is 977. The van der Waals surface area contributed by atoms with Gasteiger partial charge in [-0.3, -0.25) is 4.79 Å². The van der Waals surface area contributed by atoms with E-state index in [9.17, 15) is 18.3 Å². The minimum absolute atomic E-state index is 0.245. The zero-order chi connectivity index (χ0) is 21.2. The van der Waals surface area contributed by atoms with Gasteiger partial charge in [-0.05, 0) is 42.2 Å². The van der Waals surface area contributed by atoms with Gasteiger partial charge in [0.2, 0.25) is 15.9 Å². The van der Waals surface area contributed by atoms with E-state index in [0.717, 1.165) is 16.7 Å². The van der Waals surface area contributed by atoms with Crippen LogP contribution in [0.5, 0.6) is 0 Å². The van der Waals surface area contributed by atoms with Crippen LogP contribution >= 0.6 is 0 Å². The molecule has 8 heteroatoms. The molecule has 1 amide bonds. The highest BCUT2D eigenvalue weighted by molar-refractivity contribution is 7.89. The van der Waals surface area contributed by atoms with Gasteiger partial charge in [0, 0.05) is 26.7 Å². The molecule has 2 aromatic carbocycles. The molecule has 0 bridgehead atoms. The third-order valence-electron chi connectivity index (χ3n) is 5.26. The molecule has 1 aliphatic rings. The van der Waals surface area contributed by atoms with E-state index in [2.05, 4.69) is 0 Å². The van der Waals surface area contributed by atoms with Crippen LogP contribution < -0.4 is 5.73 Å². The first-order valence-corrected chi connectivity index (χ1v) is 11.0. The summed E-state index contributed by atoms with van der Waals surface area (Å²) in [6, 6.07) is 13.5. The first-order chi connectivity index (χ1) is 13.7. The molecule has 2 atom stereocenters. The molecule has 0 aliphatic carbocycles. The highest BCUT2D eigenvalue weighted by Gasteiger charge is 2.29. The van der Waals surface area contributed by atoms with Crippen LogP contribution in [-0.2, 0) is 34.3 Å². The predicted molar refractivity (Wildman–Crippen MR) is 110 cm³/mol. The van der Waals surface area contributed by atoms with Crippen LogP contribution in [0.2, 0.25) is 0 Å². The lowest BCUT2D eigenvalue weighted by molar-refractivity contribution is -0.135. The molecule has 1 aliphatic heterocycles. The van der Waals surface area contributed by atoms with Gasteiger partial charge >= 0.3 is 0 Å². The molecule has 7 nitrogen and oxygen atoms in total. The van der Waals surface area contributed by atoms with E-state index in [1.807, 2.05) is 30.3 Å². The third kappa shape index (κ3) is 4.67. The van der Waals surface area contributed by atoms with Gasteiger partial charge in [-0.25, -0.2) is 8.42 Å². The first-order valence-electron chi connectivity index (χ1n) is 9.54. The van der Waals surface area contributed by atoms with Crippen molar-refractivity contribution in [2.75, 3.05) is 13.6 Å². The Morgan fingerprint density at radius 1 is 1.21 bits per heavy atom. The number of carbonyl (C=O) groups excluding carboxylic acids is 1. The summed E-state index contributed by atoms with van der Waals surface area (Å²) in [4.78, 5) is 14.2. The molecule has 1 heterocycles. The maximum Gasteiger partial charge on any atom is 0.243 e. The van der Waals surface area contributed by atoms with Crippen molar-refractivity contribution in [3.05, 3.63) is 65.2 Å². The molecule has 0 saturated carbocycles. The van der Waals surface area contributed by atoms with Gasteiger partial charge in [0.1, 0.15) is 6.04 Å². The number of carbonyl (C=O) groups is 1. The SMILES string of the molecule is C[C@@H](O)[C@H](N)C(=O)N1CCc2cc(S(=O)(=O)N(C)Cc3ccccc3)ccc2C1. The van der Waals surface area contributed by atoms with Gasteiger partial charge in [0.25, 0.3) is 0 Å². The average Bonchev–Trinajstić information content (AvgIpc) is 2.72. The van der Waals surface area contributed by atoms with Crippen LogP contribution in [0.25, 0.3) is 0 Å². The second kappa shape index (κ2) is 8.62. The number of fused-ring (bicyclic) bond motifs is 1. The summed E-state index contributed by atoms with van der Waals surface area (Å²) in [5.41, 5.74) is 8.49. The lowest BCUT2D eigenvalue weighted by Gasteiger charge is -2.32. The zero-order valence-electron chi connectivity index (χ0n) is 16.7. The van der Waals surface area contributed by atoms with Gasteiger partial charge in [-0.2, -0.15) is 4.31 Å². The minimum Gasteiger partial charge on any atom is -0.391 e. The smallest absolute Gasteiger partial charge is 0.243 e. The number of nitrogens with zero attached hydrogens (tertiary/aromatic N) is 2. The first kappa shape index (κ1) is 21.4. The van der Waals surface area contributed by atoms with Crippen molar-refractivity contribution < 1.29 is 18.3 Å². The molecular weight excluding hydrogens is 390 g/mol. The van der Waals surface area contributed by atoms with Crippen molar-refractivity contribution in [2.45, 2.75) is 43.5 Å². The maximum atomic E-state index is 13.0. The average molecular weight is 418 g/mol. The topological polar surface area (TPSA) is 104 Å². The van der Waals surface area contributed by atoms with Crippen molar-refractivity contribution in [1.82, 2.24) is 9.21 Å². The van der Waals surface area contributed by atoms with E-state index in [4.69, 9.17) is 5.73 Å². The van der Waals surface area contributed by atoms with Crippen molar-refractivity contribution in [3.8, 4) is 0 Å². The Hall–Kier alpha value is -2.26. The van der Waals surface area contributed by atoms with Crippen LogP contribution in [0.1, 0.15) is 23.6 Å². The van der Waals surface area contributed by atoms with E-state index >= 15 is 0 Å². The van der Waals surface area contributed by atoms with Crippen LogP contribution in [0.4, 0.5) is 0 Å². The molecule has 2 aromatic rings. The lowest BCUT2D eigenvalue weighted by atomic mass is 9.99. The van der Waals surface area contributed by atoms with Crippen LogP contribution in [-0.4, -0.2) is 54.4 Å². The van der Waals surface area contributed by atoms with Crippen molar-refractivity contribution in [3.63, 3.8) is 0 Å². The molecule has 156 valence electrons. The Balaban J connectivity index is 1.76. The van der Waals surface area contributed by atoms with E-state index < -0.39 is 22.2 Å². The summed E-state index contributed by atoms with van der Waals surface area (Å²) in [6.07, 6.45) is -0.379. The Morgan fingerprint density at radius 3 is 2.55 bits per heavy atom. The number of amides is 1. The van der Waals surface area contributed by atoms with Crippen molar-refractivity contribution in [1.29, 1.82) is 0 Å². The van der Waals surface area contributed by atoms with Gasteiger partial charge < -0.3 is 15.7 Å².